The number of carbonyl (C=O) groups is 2. The van der Waals surface area contributed by atoms with Gasteiger partial charge < -0.3 is 33.3 Å². The van der Waals surface area contributed by atoms with Gasteiger partial charge in [-0.05, 0) is 96.1 Å². The number of rotatable bonds is 10. The molecule has 0 spiro atoms. The Hall–Kier alpha value is -3.22. The van der Waals surface area contributed by atoms with E-state index in [9.17, 15) is 9.59 Å². The zero-order valence-corrected chi connectivity index (χ0v) is 31.0. The number of amides is 2. The Balaban J connectivity index is 1.34. The summed E-state index contributed by atoms with van der Waals surface area (Å²) in [5.74, 6) is -0.808. The van der Waals surface area contributed by atoms with Crippen molar-refractivity contribution in [2.45, 2.75) is 110 Å². The monoisotopic (exact) mass is 727 g/mol. The lowest BCUT2D eigenvalue weighted by Gasteiger charge is -2.32. The van der Waals surface area contributed by atoms with Crippen molar-refractivity contribution >= 4 is 39.1 Å². The largest absolute Gasteiger partial charge is 0.444 e. The standard InChI is InChI=1S/C36H50BrN5O6/c1-34(2,3)47-32(43)40(18-15-24-13-10-9-11-14-24)16-12-17-41(33(44)48-35(4,5)6)21-25-19-28(30-29(25)45-36(7,8)46-30)42-22-27(37)26-20-38-23-39-31(26)42/h9-11,13-14,20,22-23,25,28-30H,12,15-19,21H2,1-8H3/t25-,28-,29-,30+/m1/s1. The Kier molecular flexibility index (Phi) is 10.8. The highest BCUT2D eigenvalue weighted by Gasteiger charge is 2.55. The molecule has 0 radical (unpaired) electrons. The van der Waals surface area contributed by atoms with E-state index in [1.807, 2.05) is 79.8 Å². The second-order valence-corrected chi connectivity index (χ2v) is 16.1. The lowest BCUT2D eigenvalue weighted by Crippen LogP contribution is -2.44. The molecule has 0 N–H and O–H groups in total. The predicted molar refractivity (Wildman–Crippen MR) is 187 cm³/mol. The predicted octanol–water partition coefficient (Wildman–Crippen LogP) is 7.38. The summed E-state index contributed by atoms with van der Waals surface area (Å²) < 4.78 is 27.7. The number of aromatic nitrogens is 3. The number of ether oxygens (including phenoxy) is 4. The van der Waals surface area contributed by atoms with Gasteiger partial charge in [-0.25, -0.2) is 19.6 Å². The van der Waals surface area contributed by atoms with Crippen LogP contribution in [0.15, 0.2) is 53.5 Å². The van der Waals surface area contributed by atoms with E-state index in [1.165, 1.54) is 0 Å². The minimum absolute atomic E-state index is 0.0348. The fourth-order valence-corrected chi connectivity index (χ4v) is 7.06. The summed E-state index contributed by atoms with van der Waals surface area (Å²) in [5.41, 5.74) is 0.669. The van der Waals surface area contributed by atoms with Crippen molar-refractivity contribution in [3.05, 3.63) is 59.1 Å². The average Bonchev–Trinajstić information content (AvgIpc) is 3.60. The summed E-state index contributed by atoms with van der Waals surface area (Å²) >= 11 is 3.67. The normalized spacial score (nSPS) is 22.0. The van der Waals surface area contributed by atoms with E-state index in [-0.39, 0.29) is 30.3 Å². The summed E-state index contributed by atoms with van der Waals surface area (Å²) in [5, 5.41) is 0.924. The average molecular weight is 729 g/mol. The summed E-state index contributed by atoms with van der Waals surface area (Å²) in [7, 11) is 0. The van der Waals surface area contributed by atoms with Crippen LogP contribution in [0.5, 0.6) is 0 Å². The molecule has 1 aromatic carbocycles. The second-order valence-electron chi connectivity index (χ2n) is 15.3. The first-order valence-electron chi connectivity index (χ1n) is 16.8. The van der Waals surface area contributed by atoms with Crippen LogP contribution in [0.25, 0.3) is 11.0 Å². The molecule has 5 rings (SSSR count). The van der Waals surface area contributed by atoms with E-state index >= 15 is 0 Å². The Morgan fingerprint density at radius 3 is 2.25 bits per heavy atom. The Bertz CT molecular complexity index is 1570. The van der Waals surface area contributed by atoms with Crippen molar-refractivity contribution in [3.8, 4) is 0 Å². The van der Waals surface area contributed by atoms with Gasteiger partial charge in [-0.2, -0.15) is 0 Å². The summed E-state index contributed by atoms with van der Waals surface area (Å²) in [6.45, 7) is 16.8. The molecule has 1 saturated heterocycles. The lowest BCUT2D eigenvalue weighted by atomic mass is 10.0. The van der Waals surface area contributed by atoms with Gasteiger partial charge in [-0.3, -0.25) is 0 Å². The maximum Gasteiger partial charge on any atom is 0.410 e. The maximum absolute atomic E-state index is 13.7. The van der Waals surface area contributed by atoms with Crippen molar-refractivity contribution in [1.29, 1.82) is 0 Å². The summed E-state index contributed by atoms with van der Waals surface area (Å²) in [4.78, 5) is 39.2. The topological polar surface area (TPSA) is 108 Å². The van der Waals surface area contributed by atoms with E-state index in [4.69, 9.17) is 18.9 Å². The summed E-state index contributed by atoms with van der Waals surface area (Å²) in [6.07, 6.45) is 6.12. The van der Waals surface area contributed by atoms with Crippen molar-refractivity contribution < 1.29 is 28.5 Å². The van der Waals surface area contributed by atoms with Crippen LogP contribution in [-0.2, 0) is 25.4 Å². The maximum atomic E-state index is 13.7. The number of fused-ring (bicyclic) bond motifs is 2. The van der Waals surface area contributed by atoms with Gasteiger partial charge >= 0.3 is 12.2 Å². The molecule has 0 unspecified atom stereocenters. The quantitative estimate of drug-likeness (QED) is 0.213. The molecule has 2 amide bonds. The highest BCUT2D eigenvalue weighted by molar-refractivity contribution is 9.10. The van der Waals surface area contributed by atoms with Crippen LogP contribution >= 0.6 is 15.9 Å². The molecule has 3 heterocycles. The molecule has 0 bridgehead atoms. The molecule has 2 aliphatic rings. The van der Waals surface area contributed by atoms with Crippen molar-refractivity contribution in [3.63, 3.8) is 0 Å². The van der Waals surface area contributed by atoms with Crippen LogP contribution in [0.3, 0.4) is 0 Å². The molecule has 1 aliphatic carbocycles. The van der Waals surface area contributed by atoms with Gasteiger partial charge in [0.2, 0.25) is 0 Å². The van der Waals surface area contributed by atoms with Gasteiger partial charge in [0.15, 0.2) is 5.79 Å². The minimum Gasteiger partial charge on any atom is -0.444 e. The Morgan fingerprint density at radius 2 is 1.58 bits per heavy atom. The summed E-state index contributed by atoms with van der Waals surface area (Å²) in [6, 6.07) is 10.0. The van der Waals surface area contributed by atoms with Gasteiger partial charge in [0, 0.05) is 49.0 Å². The van der Waals surface area contributed by atoms with Crippen LogP contribution in [0, 0.1) is 5.92 Å². The van der Waals surface area contributed by atoms with Crippen LogP contribution in [0.4, 0.5) is 9.59 Å². The molecule has 2 aromatic heterocycles. The molecule has 262 valence electrons. The molecule has 1 aliphatic heterocycles. The first kappa shape index (κ1) is 36.1. The molecule has 12 heteroatoms. The molecule has 11 nitrogen and oxygen atoms in total. The van der Waals surface area contributed by atoms with Crippen LogP contribution in [-0.4, -0.2) is 91.9 Å². The molecular weight excluding hydrogens is 678 g/mol. The van der Waals surface area contributed by atoms with Gasteiger partial charge in [0.1, 0.15) is 29.3 Å². The third-order valence-electron chi connectivity index (χ3n) is 8.48. The third-order valence-corrected chi connectivity index (χ3v) is 9.11. The van der Waals surface area contributed by atoms with Gasteiger partial charge in [0.05, 0.1) is 17.5 Å². The molecule has 3 aromatic rings. The van der Waals surface area contributed by atoms with E-state index in [0.717, 1.165) is 21.1 Å². The number of halogens is 1. The first-order chi connectivity index (χ1) is 22.5. The molecule has 2 fully saturated rings. The van der Waals surface area contributed by atoms with Crippen molar-refractivity contribution in [2.75, 3.05) is 26.2 Å². The molecule has 4 atom stereocenters. The fraction of sp³-hybridized carbons (Fsp3) is 0.611. The second kappa shape index (κ2) is 14.3. The van der Waals surface area contributed by atoms with Crippen LogP contribution < -0.4 is 0 Å². The third kappa shape index (κ3) is 9.06. The van der Waals surface area contributed by atoms with Gasteiger partial charge in [-0.15, -0.1) is 0 Å². The van der Waals surface area contributed by atoms with Gasteiger partial charge in [0.25, 0.3) is 0 Å². The van der Waals surface area contributed by atoms with Gasteiger partial charge in [-0.1, -0.05) is 30.3 Å². The number of carbonyl (C=O) groups excluding carboxylic acids is 2. The highest BCUT2D eigenvalue weighted by atomic mass is 79.9. The zero-order chi connectivity index (χ0) is 34.9. The van der Waals surface area contributed by atoms with E-state index < -0.39 is 23.1 Å². The Morgan fingerprint density at radius 1 is 0.958 bits per heavy atom. The molecule has 1 saturated carbocycles. The molecule has 48 heavy (non-hydrogen) atoms. The van der Waals surface area contributed by atoms with Crippen LogP contribution in [0.1, 0.15) is 79.8 Å². The number of hydrogen-bond acceptors (Lipinski definition) is 8. The number of nitrogens with zero attached hydrogens (tertiary/aromatic N) is 5. The van der Waals surface area contributed by atoms with Crippen LogP contribution in [0.2, 0.25) is 0 Å². The lowest BCUT2D eigenvalue weighted by molar-refractivity contribution is -0.160. The SMILES string of the molecule is CC(C)(C)OC(=O)N(CCCN(C[C@H]1C[C@@H](n2cc(Br)c3cncnc32)[C@@H]2OC(C)(C)O[C@H]12)C(=O)OC(C)(C)C)CCc1ccccc1. The van der Waals surface area contributed by atoms with Crippen molar-refractivity contribution in [2.24, 2.45) is 5.92 Å². The fourth-order valence-electron chi connectivity index (χ4n) is 6.56. The Labute approximate surface area is 292 Å². The smallest absolute Gasteiger partial charge is 0.410 e. The van der Waals surface area contributed by atoms with E-state index in [2.05, 4.69) is 42.6 Å². The number of hydrogen-bond donors (Lipinski definition) is 0. The van der Waals surface area contributed by atoms with E-state index in [1.54, 1.807) is 22.3 Å². The molecular formula is C36H50BrN5O6. The first-order valence-corrected chi connectivity index (χ1v) is 17.6. The zero-order valence-electron chi connectivity index (χ0n) is 29.4. The highest BCUT2D eigenvalue weighted by Crippen LogP contribution is 2.48. The van der Waals surface area contributed by atoms with Crippen molar-refractivity contribution in [1.82, 2.24) is 24.3 Å². The number of benzene rings is 1. The van der Waals surface area contributed by atoms with E-state index in [0.29, 0.717) is 45.4 Å². The minimum atomic E-state index is -0.773.